The number of rotatable bonds is 6. The number of aryl methyl sites for hydroxylation is 1. The second kappa shape index (κ2) is 7.93. The van der Waals surface area contributed by atoms with Crippen molar-refractivity contribution in [3.05, 3.63) is 65.9 Å². The summed E-state index contributed by atoms with van der Waals surface area (Å²) in [5.74, 6) is 0.579. The first-order chi connectivity index (χ1) is 14.0. The van der Waals surface area contributed by atoms with Crippen LogP contribution in [0.25, 0.3) is 10.9 Å². The van der Waals surface area contributed by atoms with E-state index in [1.54, 1.807) is 12.1 Å². The largest absolute Gasteiger partial charge is 0.489 e. The molecule has 2 aromatic carbocycles. The molecule has 0 radical (unpaired) electrons. The summed E-state index contributed by atoms with van der Waals surface area (Å²) in [7, 11) is -3.68. The molecule has 1 fully saturated rings. The maximum Gasteiger partial charge on any atom is 0.243 e. The topological polar surface area (TPSA) is 76.6 Å². The molecule has 1 atom stereocenters. The standard InChI is InChI=1S/C22H22N2O4S/c1-16-13-17(21-6-2-3-7-22(21)23-16)15-28-19-8-10-20(11-9-19)29(26,27)24-12-4-5-18(24)14-25/h2-3,6-11,13-14,18H,4-5,12,15H2,1H3. The Bertz CT molecular complexity index is 1140. The van der Waals surface area contributed by atoms with Gasteiger partial charge in [0, 0.05) is 23.2 Å². The first kappa shape index (κ1) is 19.5. The van der Waals surface area contributed by atoms with E-state index in [-0.39, 0.29) is 4.90 Å². The van der Waals surface area contributed by atoms with Crippen LogP contribution in [0.3, 0.4) is 0 Å². The van der Waals surface area contributed by atoms with Crippen LogP contribution in [0.5, 0.6) is 5.75 Å². The Kier molecular flexibility index (Phi) is 5.34. The Morgan fingerprint density at radius 1 is 1.17 bits per heavy atom. The molecule has 0 spiro atoms. The molecule has 6 nitrogen and oxygen atoms in total. The number of sulfonamides is 1. The molecule has 0 amide bonds. The molecule has 2 heterocycles. The summed E-state index contributed by atoms with van der Waals surface area (Å²) in [5.41, 5.74) is 2.86. The van der Waals surface area contributed by atoms with Crippen molar-refractivity contribution in [2.24, 2.45) is 0 Å². The van der Waals surface area contributed by atoms with E-state index in [4.69, 9.17) is 4.74 Å². The van der Waals surface area contributed by atoms with E-state index in [0.29, 0.717) is 38.0 Å². The lowest BCUT2D eigenvalue weighted by Crippen LogP contribution is -2.36. The SMILES string of the molecule is Cc1cc(COc2ccc(S(=O)(=O)N3CCCC3C=O)cc2)c2ccccc2n1. The summed E-state index contributed by atoms with van der Waals surface area (Å²) in [6.07, 6.45) is 1.98. The summed E-state index contributed by atoms with van der Waals surface area (Å²) in [6.45, 7) is 2.67. The maximum absolute atomic E-state index is 12.8. The third-order valence-electron chi connectivity index (χ3n) is 5.16. The van der Waals surface area contributed by atoms with Crippen LogP contribution >= 0.6 is 0 Å². The molecular weight excluding hydrogens is 388 g/mol. The van der Waals surface area contributed by atoms with Crippen molar-refractivity contribution in [3.63, 3.8) is 0 Å². The second-order valence-corrected chi connectivity index (χ2v) is 9.05. The van der Waals surface area contributed by atoms with E-state index in [0.717, 1.165) is 22.2 Å². The normalized spacial score (nSPS) is 17.5. The number of fused-ring (bicyclic) bond motifs is 1. The van der Waals surface area contributed by atoms with Crippen LogP contribution in [0.15, 0.2) is 59.5 Å². The number of hydrogen-bond acceptors (Lipinski definition) is 5. The Morgan fingerprint density at radius 3 is 2.69 bits per heavy atom. The molecule has 150 valence electrons. The average Bonchev–Trinajstić information content (AvgIpc) is 3.22. The van der Waals surface area contributed by atoms with Gasteiger partial charge in [-0.05, 0) is 56.2 Å². The van der Waals surface area contributed by atoms with Gasteiger partial charge in [0.25, 0.3) is 0 Å². The van der Waals surface area contributed by atoms with E-state index < -0.39 is 16.1 Å². The molecule has 0 aliphatic carbocycles. The Morgan fingerprint density at radius 2 is 1.93 bits per heavy atom. The molecule has 1 saturated heterocycles. The highest BCUT2D eigenvalue weighted by atomic mass is 32.2. The molecule has 29 heavy (non-hydrogen) atoms. The van der Waals surface area contributed by atoms with E-state index in [2.05, 4.69) is 4.98 Å². The van der Waals surface area contributed by atoms with E-state index >= 15 is 0 Å². The average molecular weight is 410 g/mol. The quantitative estimate of drug-likeness (QED) is 0.582. The molecule has 0 bridgehead atoms. The minimum absolute atomic E-state index is 0.170. The van der Waals surface area contributed by atoms with Gasteiger partial charge in [0.05, 0.1) is 16.5 Å². The summed E-state index contributed by atoms with van der Waals surface area (Å²) in [5, 5.41) is 1.03. The highest BCUT2D eigenvalue weighted by Crippen LogP contribution is 2.27. The number of hydrogen-bond donors (Lipinski definition) is 0. The summed E-state index contributed by atoms with van der Waals surface area (Å²) in [6, 6.07) is 15.7. The van der Waals surface area contributed by atoms with Crippen LogP contribution in [-0.4, -0.2) is 36.6 Å². The number of carbonyl (C=O) groups excluding carboxylic acids is 1. The van der Waals surface area contributed by atoms with Crippen molar-refractivity contribution in [2.75, 3.05) is 6.54 Å². The Hall–Kier alpha value is -2.77. The number of para-hydroxylation sites is 1. The van der Waals surface area contributed by atoms with Gasteiger partial charge in [-0.1, -0.05) is 18.2 Å². The fourth-order valence-corrected chi connectivity index (χ4v) is 5.35. The van der Waals surface area contributed by atoms with Crippen molar-refractivity contribution in [1.29, 1.82) is 0 Å². The number of ether oxygens (including phenoxy) is 1. The Labute approximate surface area is 170 Å². The molecule has 3 aromatic rings. The van der Waals surface area contributed by atoms with Crippen molar-refractivity contribution in [1.82, 2.24) is 9.29 Å². The second-order valence-electron chi connectivity index (χ2n) is 7.16. The lowest BCUT2D eigenvalue weighted by molar-refractivity contribution is -0.110. The third kappa shape index (κ3) is 3.88. The fourth-order valence-electron chi connectivity index (χ4n) is 3.72. The van der Waals surface area contributed by atoms with Gasteiger partial charge in [-0.3, -0.25) is 4.98 Å². The van der Waals surface area contributed by atoms with Gasteiger partial charge < -0.3 is 9.53 Å². The zero-order chi connectivity index (χ0) is 20.4. The van der Waals surface area contributed by atoms with E-state index in [1.807, 2.05) is 37.3 Å². The monoisotopic (exact) mass is 410 g/mol. The van der Waals surface area contributed by atoms with Gasteiger partial charge in [0.15, 0.2) is 0 Å². The van der Waals surface area contributed by atoms with Crippen molar-refractivity contribution >= 4 is 27.2 Å². The van der Waals surface area contributed by atoms with Gasteiger partial charge in [-0.25, -0.2) is 8.42 Å². The van der Waals surface area contributed by atoms with Crippen LogP contribution in [0.1, 0.15) is 24.1 Å². The molecule has 1 aliphatic heterocycles. The molecule has 1 unspecified atom stereocenters. The van der Waals surface area contributed by atoms with Gasteiger partial charge in [0.1, 0.15) is 18.6 Å². The predicted octanol–water partition coefficient (Wildman–Crippen LogP) is 3.47. The molecule has 7 heteroatoms. The minimum atomic E-state index is -3.68. The summed E-state index contributed by atoms with van der Waals surface area (Å²) in [4.78, 5) is 15.9. The highest BCUT2D eigenvalue weighted by molar-refractivity contribution is 7.89. The number of aromatic nitrogens is 1. The lowest BCUT2D eigenvalue weighted by atomic mass is 10.1. The Balaban J connectivity index is 1.52. The van der Waals surface area contributed by atoms with Crippen LogP contribution in [0.2, 0.25) is 0 Å². The molecule has 4 rings (SSSR count). The number of nitrogens with zero attached hydrogens (tertiary/aromatic N) is 2. The van der Waals surface area contributed by atoms with Crippen molar-refractivity contribution < 1.29 is 17.9 Å². The van der Waals surface area contributed by atoms with Gasteiger partial charge >= 0.3 is 0 Å². The van der Waals surface area contributed by atoms with E-state index in [9.17, 15) is 13.2 Å². The minimum Gasteiger partial charge on any atom is -0.489 e. The van der Waals surface area contributed by atoms with Gasteiger partial charge in [-0.15, -0.1) is 0 Å². The number of benzene rings is 2. The molecule has 0 saturated carbocycles. The first-order valence-corrected chi connectivity index (χ1v) is 11.0. The van der Waals surface area contributed by atoms with Crippen LogP contribution in [0.4, 0.5) is 0 Å². The maximum atomic E-state index is 12.8. The zero-order valence-corrected chi connectivity index (χ0v) is 16.9. The van der Waals surface area contributed by atoms with Crippen molar-refractivity contribution in [2.45, 2.75) is 37.3 Å². The first-order valence-electron chi connectivity index (χ1n) is 9.54. The molecule has 1 aromatic heterocycles. The van der Waals surface area contributed by atoms with Gasteiger partial charge in [-0.2, -0.15) is 4.31 Å². The van der Waals surface area contributed by atoms with Gasteiger partial charge in [0.2, 0.25) is 10.0 Å². The fraction of sp³-hybridized carbons (Fsp3) is 0.273. The summed E-state index contributed by atoms with van der Waals surface area (Å²) < 4.78 is 32.8. The van der Waals surface area contributed by atoms with Crippen molar-refractivity contribution in [3.8, 4) is 5.75 Å². The smallest absolute Gasteiger partial charge is 0.243 e. The van der Waals surface area contributed by atoms with Crippen LogP contribution in [-0.2, 0) is 21.4 Å². The predicted molar refractivity (Wildman–Crippen MR) is 110 cm³/mol. The number of pyridine rings is 1. The van der Waals surface area contributed by atoms with E-state index in [1.165, 1.54) is 16.4 Å². The zero-order valence-electron chi connectivity index (χ0n) is 16.1. The number of carbonyl (C=O) groups is 1. The van der Waals surface area contributed by atoms with Crippen LogP contribution in [0, 0.1) is 6.92 Å². The summed E-state index contributed by atoms with van der Waals surface area (Å²) >= 11 is 0. The van der Waals surface area contributed by atoms with Crippen LogP contribution < -0.4 is 4.74 Å². The third-order valence-corrected chi connectivity index (χ3v) is 7.10. The molecule has 1 aliphatic rings. The highest BCUT2D eigenvalue weighted by Gasteiger charge is 2.34. The molecule has 0 N–H and O–H groups in total. The lowest BCUT2D eigenvalue weighted by Gasteiger charge is -2.20. The number of aldehydes is 1. The molecular formula is C22H22N2O4S.